The zero-order valence-electron chi connectivity index (χ0n) is 10.7. The molecule has 0 amide bonds. The quantitative estimate of drug-likeness (QED) is 0.833. The maximum atomic E-state index is 13.8. The molecule has 0 aliphatic heterocycles. The number of halogens is 1. The molecule has 0 saturated carbocycles. The van der Waals surface area contributed by atoms with E-state index in [-0.39, 0.29) is 18.1 Å². The van der Waals surface area contributed by atoms with Crippen molar-refractivity contribution in [1.29, 1.82) is 0 Å². The molecule has 18 heavy (non-hydrogen) atoms. The second kappa shape index (κ2) is 6.15. The lowest BCUT2D eigenvalue weighted by molar-refractivity contribution is 0.599. The van der Waals surface area contributed by atoms with Crippen molar-refractivity contribution in [3.8, 4) is 0 Å². The van der Waals surface area contributed by atoms with Crippen LogP contribution in [0.5, 0.6) is 0 Å². The predicted molar refractivity (Wildman–Crippen MR) is 72.1 cm³/mol. The van der Waals surface area contributed by atoms with Gasteiger partial charge in [0.2, 0.25) is 0 Å². The Morgan fingerprint density at radius 3 is 2.56 bits per heavy atom. The molecule has 0 radical (unpaired) electrons. The van der Waals surface area contributed by atoms with Gasteiger partial charge in [-0.15, -0.1) is 0 Å². The van der Waals surface area contributed by atoms with E-state index in [2.05, 4.69) is 0 Å². The van der Waals surface area contributed by atoms with Crippen LogP contribution in [-0.4, -0.2) is 40.6 Å². The Morgan fingerprint density at radius 2 is 2.06 bits per heavy atom. The van der Waals surface area contributed by atoms with Gasteiger partial charge in [-0.05, 0) is 30.7 Å². The Labute approximate surface area is 108 Å². The molecular formula is C12H19FN2O2S. The van der Waals surface area contributed by atoms with Gasteiger partial charge in [-0.3, -0.25) is 0 Å². The number of benzene rings is 1. The van der Waals surface area contributed by atoms with Gasteiger partial charge in [0.15, 0.2) is 0 Å². The zero-order valence-corrected chi connectivity index (χ0v) is 11.5. The van der Waals surface area contributed by atoms with E-state index in [4.69, 9.17) is 5.73 Å². The Kier molecular flexibility index (Phi) is 5.10. The molecule has 0 bridgehead atoms. The molecule has 0 heterocycles. The lowest BCUT2D eigenvalue weighted by Gasteiger charge is -2.19. The van der Waals surface area contributed by atoms with Gasteiger partial charge < -0.3 is 10.6 Å². The highest BCUT2D eigenvalue weighted by atomic mass is 32.2. The summed E-state index contributed by atoms with van der Waals surface area (Å²) in [5, 5.41) is 0. The summed E-state index contributed by atoms with van der Waals surface area (Å²) in [7, 11) is -1.36. The first-order valence-electron chi connectivity index (χ1n) is 5.71. The lowest BCUT2D eigenvalue weighted by atomic mass is 10.1. The fourth-order valence-corrected chi connectivity index (χ4v) is 2.21. The summed E-state index contributed by atoms with van der Waals surface area (Å²) in [5.74, 6) is -0.343. The van der Waals surface area contributed by atoms with Crippen molar-refractivity contribution >= 4 is 15.5 Å². The number of anilines is 1. The Morgan fingerprint density at radius 1 is 1.39 bits per heavy atom. The Balaban J connectivity index is 2.77. The maximum Gasteiger partial charge on any atom is 0.149 e. The van der Waals surface area contributed by atoms with Crippen molar-refractivity contribution in [3.05, 3.63) is 29.6 Å². The van der Waals surface area contributed by atoms with E-state index in [1.807, 2.05) is 6.07 Å². The molecule has 0 fully saturated rings. The Hall–Kier alpha value is -1.14. The molecule has 1 rings (SSSR count). The number of hydrogen-bond acceptors (Lipinski definition) is 4. The van der Waals surface area contributed by atoms with Gasteiger partial charge in [0, 0.05) is 19.8 Å². The van der Waals surface area contributed by atoms with Crippen LogP contribution in [0, 0.1) is 5.82 Å². The van der Waals surface area contributed by atoms with Gasteiger partial charge in [-0.2, -0.15) is 0 Å². The predicted octanol–water partition coefficient (Wildman–Crippen LogP) is 0.808. The van der Waals surface area contributed by atoms with E-state index < -0.39 is 9.84 Å². The number of hydrogen-bond donors (Lipinski definition) is 1. The lowest BCUT2D eigenvalue weighted by Crippen LogP contribution is -2.25. The molecule has 0 aliphatic carbocycles. The van der Waals surface area contributed by atoms with Crippen molar-refractivity contribution in [2.75, 3.05) is 37.0 Å². The van der Waals surface area contributed by atoms with E-state index >= 15 is 0 Å². The first-order chi connectivity index (χ1) is 8.33. The number of nitrogens with zero attached hydrogens (tertiary/aromatic N) is 1. The maximum absolute atomic E-state index is 13.8. The number of nitrogens with two attached hydrogens (primary N) is 1. The third-order valence-electron chi connectivity index (χ3n) is 2.65. The average molecular weight is 274 g/mol. The molecule has 6 heteroatoms. The van der Waals surface area contributed by atoms with Crippen LogP contribution in [0.1, 0.15) is 5.56 Å². The molecule has 1 aromatic rings. The van der Waals surface area contributed by atoms with Crippen LogP contribution in [-0.2, 0) is 16.3 Å². The minimum Gasteiger partial charge on any atom is -0.371 e. The number of sulfone groups is 1. The highest BCUT2D eigenvalue weighted by Gasteiger charge is 2.10. The summed E-state index contributed by atoms with van der Waals surface area (Å²) in [6, 6.07) is 4.91. The summed E-state index contributed by atoms with van der Waals surface area (Å²) in [6.07, 6.45) is 1.80. The molecule has 0 aromatic heterocycles. The largest absolute Gasteiger partial charge is 0.371 e. The minimum absolute atomic E-state index is 0.00743. The normalized spacial score (nSPS) is 11.6. The van der Waals surface area contributed by atoms with Gasteiger partial charge in [-0.1, -0.05) is 6.07 Å². The highest BCUT2D eigenvalue weighted by molar-refractivity contribution is 7.90. The molecule has 0 aliphatic rings. The van der Waals surface area contributed by atoms with Crippen molar-refractivity contribution in [2.24, 2.45) is 5.73 Å². The smallest absolute Gasteiger partial charge is 0.149 e. The third-order valence-corrected chi connectivity index (χ3v) is 3.58. The van der Waals surface area contributed by atoms with Crippen LogP contribution in [0.15, 0.2) is 18.2 Å². The Bertz CT molecular complexity index is 503. The van der Waals surface area contributed by atoms with Gasteiger partial charge in [-0.25, -0.2) is 12.8 Å². The molecule has 0 saturated heterocycles. The van der Waals surface area contributed by atoms with Gasteiger partial charge in [0.25, 0.3) is 0 Å². The van der Waals surface area contributed by atoms with E-state index in [1.54, 1.807) is 18.0 Å². The van der Waals surface area contributed by atoms with Crippen LogP contribution in [0.25, 0.3) is 0 Å². The van der Waals surface area contributed by atoms with Crippen molar-refractivity contribution in [3.63, 3.8) is 0 Å². The molecular weight excluding hydrogens is 255 g/mol. The first-order valence-corrected chi connectivity index (χ1v) is 7.77. The van der Waals surface area contributed by atoms with E-state index in [1.165, 1.54) is 12.3 Å². The average Bonchev–Trinajstić information content (AvgIpc) is 2.25. The van der Waals surface area contributed by atoms with Gasteiger partial charge >= 0.3 is 0 Å². The van der Waals surface area contributed by atoms with E-state index in [0.29, 0.717) is 18.7 Å². The standard InChI is InChI=1S/C12H19FN2O2S/c1-15(7-8-18(2,16)17)12-4-3-10(5-6-14)9-11(12)13/h3-4,9H,5-8,14H2,1-2H3. The van der Waals surface area contributed by atoms with Crippen molar-refractivity contribution in [2.45, 2.75) is 6.42 Å². The van der Waals surface area contributed by atoms with Gasteiger partial charge in [0.05, 0.1) is 11.4 Å². The summed E-state index contributed by atoms with van der Waals surface area (Å²) < 4.78 is 35.9. The van der Waals surface area contributed by atoms with Crippen LogP contribution < -0.4 is 10.6 Å². The molecule has 102 valence electrons. The monoisotopic (exact) mass is 274 g/mol. The van der Waals surface area contributed by atoms with Crippen molar-refractivity contribution < 1.29 is 12.8 Å². The molecule has 0 spiro atoms. The summed E-state index contributed by atoms with van der Waals surface area (Å²) in [4.78, 5) is 1.60. The molecule has 0 unspecified atom stereocenters. The number of rotatable bonds is 6. The highest BCUT2D eigenvalue weighted by Crippen LogP contribution is 2.19. The fourth-order valence-electron chi connectivity index (χ4n) is 1.61. The minimum atomic E-state index is -3.04. The summed E-state index contributed by atoms with van der Waals surface area (Å²) >= 11 is 0. The second-order valence-electron chi connectivity index (χ2n) is 4.38. The van der Waals surface area contributed by atoms with Crippen LogP contribution >= 0.6 is 0 Å². The van der Waals surface area contributed by atoms with Crippen molar-refractivity contribution in [1.82, 2.24) is 0 Å². The van der Waals surface area contributed by atoms with E-state index in [9.17, 15) is 12.8 Å². The topological polar surface area (TPSA) is 63.4 Å². The summed E-state index contributed by atoms with van der Waals surface area (Å²) in [6.45, 7) is 0.745. The second-order valence-corrected chi connectivity index (χ2v) is 6.64. The third kappa shape index (κ3) is 4.62. The molecule has 4 nitrogen and oxygen atoms in total. The van der Waals surface area contributed by atoms with E-state index in [0.717, 1.165) is 5.56 Å². The summed E-state index contributed by atoms with van der Waals surface area (Å²) in [5.41, 5.74) is 6.65. The first kappa shape index (κ1) is 14.9. The zero-order chi connectivity index (χ0) is 13.8. The van der Waals surface area contributed by atoms with Crippen LogP contribution in [0.2, 0.25) is 0 Å². The van der Waals surface area contributed by atoms with Crippen LogP contribution in [0.4, 0.5) is 10.1 Å². The molecule has 2 N–H and O–H groups in total. The van der Waals surface area contributed by atoms with Gasteiger partial charge in [0.1, 0.15) is 15.7 Å². The fraction of sp³-hybridized carbons (Fsp3) is 0.500. The SMILES string of the molecule is CN(CCS(C)(=O)=O)c1ccc(CCN)cc1F. The van der Waals surface area contributed by atoms with Crippen LogP contribution in [0.3, 0.4) is 0 Å². The molecule has 0 atom stereocenters. The molecule has 1 aromatic carbocycles.